The summed E-state index contributed by atoms with van der Waals surface area (Å²) in [7, 11) is 0. The summed E-state index contributed by atoms with van der Waals surface area (Å²) in [6.45, 7) is 4.65. The van der Waals surface area contributed by atoms with Gasteiger partial charge in [0.15, 0.2) is 0 Å². The number of carbonyl (C=O) groups is 1. The highest BCUT2D eigenvalue weighted by Crippen LogP contribution is 2.30. The summed E-state index contributed by atoms with van der Waals surface area (Å²) < 4.78 is 7.19. The van der Waals surface area contributed by atoms with Crippen LogP contribution < -0.4 is 11.1 Å². The summed E-state index contributed by atoms with van der Waals surface area (Å²) in [5, 5.41) is 5.66. The summed E-state index contributed by atoms with van der Waals surface area (Å²) in [6.07, 6.45) is 3.88. The summed E-state index contributed by atoms with van der Waals surface area (Å²) in [5.74, 6) is -0.235. The number of hydrogen-bond donors (Lipinski definition) is 2. The molecular formula is C20H26N4O2. The molecule has 0 saturated carbocycles. The minimum absolute atomic E-state index is 0.184. The molecule has 0 spiro atoms. The fraction of sp³-hybridized carbons (Fsp3) is 0.400. The Morgan fingerprint density at radius 2 is 2.08 bits per heavy atom. The molecule has 0 fully saturated rings. The van der Waals surface area contributed by atoms with E-state index >= 15 is 0 Å². The topological polar surface area (TPSA) is 82.2 Å². The van der Waals surface area contributed by atoms with Crippen molar-refractivity contribution >= 4 is 27.8 Å². The second-order valence-electron chi connectivity index (χ2n) is 6.23. The zero-order chi connectivity index (χ0) is 18.4. The van der Waals surface area contributed by atoms with Gasteiger partial charge in [0.05, 0.1) is 17.8 Å². The summed E-state index contributed by atoms with van der Waals surface area (Å²) in [4.78, 5) is 16.7. The van der Waals surface area contributed by atoms with Gasteiger partial charge in [0.1, 0.15) is 6.54 Å². The standard InChI is InChI=1S/C20H26N4O2/c1-2-26-19(25)14-24-18-8-4-3-7-15(18)16-9-12-23-17(20(16)24)13-22-11-6-5-10-21/h3-4,7-9,12,22H,2,5-6,10-11,13-14,21H2,1H3. The summed E-state index contributed by atoms with van der Waals surface area (Å²) >= 11 is 0. The Labute approximate surface area is 153 Å². The van der Waals surface area contributed by atoms with Gasteiger partial charge in [-0.15, -0.1) is 0 Å². The Hall–Kier alpha value is -2.44. The van der Waals surface area contributed by atoms with Gasteiger partial charge in [0.2, 0.25) is 0 Å². The molecule has 0 aliphatic carbocycles. The lowest BCUT2D eigenvalue weighted by Crippen LogP contribution is -2.18. The Bertz CT molecular complexity index is 888. The third-order valence-electron chi connectivity index (χ3n) is 4.45. The van der Waals surface area contributed by atoms with Gasteiger partial charge in [-0.3, -0.25) is 9.78 Å². The van der Waals surface area contributed by atoms with Crippen molar-refractivity contribution in [2.45, 2.75) is 32.9 Å². The van der Waals surface area contributed by atoms with Gasteiger partial charge in [0.25, 0.3) is 0 Å². The van der Waals surface area contributed by atoms with E-state index < -0.39 is 0 Å². The molecule has 3 rings (SSSR count). The van der Waals surface area contributed by atoms with Gasteiger partial charge in [-0.05, 0) is 45.0 Å². The van der Waals surface area contributed by atoms with Crippen LogP contribution in [0.3, 0.4) is 0 Å². The molecule has 2 aromatic heterocycles. The average molecular weight is 354 g/mol. The number of benzene rings is 1. The number of esters is 1. The quantitative estimate of drug-likeness (QED) is 0.456. The predicted molar refractivity (Wildman–Crippen MR) is 104 cm³/mol. The lowest BCUT2D eigenvalue weighted by atomic mass is 10.1. The van der Waals surface area contributed by atoms with Crippen LogP contribution in [-0.4, -0.2) is 35.2 Å². The molecule has 1 aromatic carbocycles. The van der Waals surface area contributed by atoms with Crippen LogP contribution in [0.5, 0.6) is 0 Å². The fourth-order valence-corrected chi connectivity index (χ4v) is 3.30. The van der Waals surface area contributed by atoms with E-state index in [0.29, 0.717) is 19.7 Å². The Balaban J connectivity index is 1.99. The molecule has 6 nitrogen and oxygen atoms in total. The highest BCUT2D eigenvalue weighted by Gasteiger charge is 2.16. The van der Waals surface area contributed by atoms with E-state index in [4.69, 9.17) is 10.5 Å². The molecule has 0 bridgehead atoms. The van der Waals surface area contributed by atoms with Crippen molar-refractivity contribution in [3.8, 4) is 0 Å². The molecular weight excluding hydrogens is 328 g/mol. The maximum Gasteiger partial charge on any atom is 0.325 e. The number of nitrogens with one attached hydrogen (secondary N) is 1. The molecule has 26 heavy (non-hydrogen) atoms. The van der Waals surface area contributed by atoms with Crippen LogP contribution in [0.2, 0.25) is 0 Å². The van der Waals surface area contributed by atoms with Gasteiger partial charge in [-0.25, -0.2) is 0 Å². The van der Waals surface area contributed by atoms with E-state index in [0.717, 1.165) is 46.9 Å². The number of nitrogens with two attached hydrogens (primary N) is 1. The van der Waals surface area contributed by atoms with Crippen molar-refractivity contribution in [1.29, 1.82) is 0 Å². The number of ether oxygens (including phenoxy) is 1. The third kappa shape index (κ3) is 3.86. The van der Waals surface area contributed by atoms with Crippen LogP contribution in [0, 0.1) is 0 Å². The molecule has 138 valence electrons. The third-order valence-corrected chi connectivity index (χ3v) is 4.45. The van der Waals surface area contributed by atoms with E-state index in [-0.39, 0.29) is 12.5 Å². The summed E-state index contributed by atoms with van der Waals surface area (Å²) in [5.41, 5.74) is 8.50. The number of hydrogen-bond acceptors (Lipinski definition) is 5. The van der Waals surface area contributed by atoms with Gasteiger partial charge in [-0.2, -0.15) is 0 Å². The van der Waals surface area contributed by atoms with Crippen LogP contribution >= 0.6 is 0 Å². The van der Waals surface area contributed by atoms with Gasteiger partial charge < -0.3 is 20.4 Å². The molecule has 0 amide bonds. The van der Waals surface area contributed by atoms with E-state index in [1.807, 2.05) is 42.0 Å². The lowest BCUT2D eigenvalue weighted by Gasteiger charge is -2.10. The molecule has 0 aliphatic rings. The Morgan fingerprint density at radius 1 is 1.23 bits per heavy atom. The highest BCUT2D eigenvalue weighted by molar-refractivity contribution is 6.09. The van der Waals surface area contributed by atoms with Gasteiger partial charge in [-0.1, -0.05) is 18.2 Å². The first-order valence-electron chi connectivity index (χ1n) is 9.17. The van der Waals surface area contributed by atoms with Crippen molar-refractivity contribution in [1.82, 2.24) is 14.9 Å². The van der Waals surface area contributed by atoms with Crippen molar-refractivity contribution in [2.75, 3.05) is 19.7 Å². The second kappa shape index (κ2) is 8.78. The van der Waals surface area contributed by atoms with Crippen molar-refractivity contribution < 1.29 is 9.53 Å². The van der Waals surface area contributed by atoms with Gasteiger partial charge >= 0.3 is 5.97 Å². The lowest BCUT2D eigenvalue weighted by molar-refractivity contribution is -0.143. The monoisotopic (exact) mass is 354 g/mol. The van der Waals surface area contributed by atoms with Gasteiger partial charge in [0, 0.05) is 29.0 Å². The van der Waals surface area contributed by atoms with E-state index in [1.165, 1.54) is 0 Å². The first-order valence-corrected chi connectivity index (χ1v) is 9.17. The zero-order valence-corrected chi connectivity index (χ0v) is 15.2. The Kier molecular flexibility index (Phi) is 6.20. The van der Waals surface area contributed by atoms with Crippen LogP contribution in [0.1, 0.15) is 25.5 Å². The largest absolute Gasteiger partial charge is 0.465 e. The number of unbranched alkanes of at least 4 members (excludes halogenated alkanes) is 1. The van der Waals surface area contributed by atoms with Crippen molar-refractivity contribution in [2.24, 2.45) is 5.73 Å². The number of rotatable bonds is 9. The zero-order valence-electron chi connectivity index (χ0n) is 15.2. The summed E-state index contributed by atoms with van der Waals surface area (Å²) in [6, 6.07) is 10.1. The molecule has 3 aromatic rings. The first kappa shape index (κ1) is 18.4. The normalized spacial score (nSPS) is 11.3. The van der Waals surface area contributed by atoms with E-state index in [9.17, 15) is 4.79 Å². The first-order chi connectivity index (χ1) is 12.8. The SMILES string of the molecule is CCOC(=O)Cn1c2ccccc2c2ccnc(CNCCCCN)c21. The second-order valence-corrected chi connectivity index (χ2v) is 6.23. The molecule has 3 N–H and O–H groups in total. The van der Waals surface area contributed by atoms with E-state index in [2.05, 4.69) is 16.4 Å². The molecule has 0 radical (unpaired) electrons. The molecule has 6 heteroatoms. The molecule has 0 atom stereocenters. The minimum Gasteiger partial charge on any atom is -0.465 e. The number of para-hydroxylation sites is 1. The number of fused-ring (bicyclic) bond motifs is 3. The maximum atomic E-state index is 12.2. The fourth-order valence-electron chi connectivity index (χ4n) is 3.30. The van der Waals surface area contributed by atoms with Crippen molar-refractivity contribution in [3.05, 3.63) is 42.2 Å². The maximum absolute atomic E-state index is 12.2. The van der Waals surface area contributed by atoms with Crippen LogP contribution in [0.4, 0.5) is 0 Å². The van der Waals surface area contributed by atoms with E-state index in [1.54, 1.807) is 0 Å². The number of aromatic nitrogens is 2. The Morgan fingerprint density at radius 3 is 2.88 bits per heavy atom. The molecule has 2 heterocycles. The number of pyridine rings is 1. The van der Waals surface area contributed by atoms with Crippen LogP contribution in [0.25, 0.3) is 21.8 Å². The molecule has 0 unspecified atom stereocenters. The van der Waals surface area contributed by atoms with Crippen LogP contribution in [-0.2, 0) is 22.6 Å². The predicted octanol–water partition coefficient (Wildman–Crippen LogP) is 2.58. The number of carbonyl (C=O) groups excluding carboxylic acids is 1. The smallest absolute Gasteiger partial charge is 0.325 e. The molecule has 0 aliphatic heterocycles. The molecule has 0 saturated heterocycles. The average Bonchev–Trinajstić information content (AvgIpc) is 2.97. The minimum atomic E-state index is -0.235. The van der Waals surface area contributed by atoms with Crippen LogP contribution in [0.15, 0.2) is 36.5 Å². The highest BCUT2D eigenvalue weighted by atomic mass is 16.5. The van der Waals surface area contributed by atoms with Crippen molar-refractivity contribution in [3.63, 3.8) is 0 Å². The number of nitrogens with zero attached hydrogens (tertiary/aromatic N) is 2.